The summed E-state index contributed by atoms with van der Waals surface area (Å²) in [6.07, 6.45) is 2.31. The Kier molecular flexibility index (Phi) is 4.64. The number of pyridine rings is 1. The Labute approximate surface area is 154 Å². The summed E-state index contributed by atoms with van der Waals surface area (Å²) in [5.74, 6) is -3.06. The molecule has 1 amide bonds. The summed E-state index contributed by atoms with van der Waals surface area (Å²) >= 11 is 0. The second-order valence-electron chi connectivity index (χ2n) is 6.06. The van der Waals surface area contributed by atoms with Gasteiger partial charge in [-0.05, 0) is 43.2 Å². The van der Waals surface area contributed by atoms with Crippen molar-refractivity contribution in [3.8, 4) is 0 Å². The average molecular weight is 367 g/mol. The van der Waals surface area contributed by atoms with Gasteiger partial charge in [0, 0.05) is 11.9 Å². The van der Waals surface area contributed by atoms with Crippen molar-refractivity contribution in [2.24, 2.45) is 0 Å². The molecule has 3 rings (SSSR count). The van der Waals surface area contributed by atoms with Gasteiger partial charge in [-0.3, -0.25) is 9.20 Å². The highest BCUT2D eigenvalue weighted by Crippen LogP contribution is 2.20. The number of carbonyl (C=O) groups is 3. The number of carboxylic acids is 2. The van der Waals surface area contributed by atoms with Gasteiger partial charge in [-0.1, -0.05) is 13.0 Å². The van der Waals surface area contributed by atoms with E-state index in [9.17, 15) is 14.4 Å². The van der Waals surface area contributed by atoms with Crippen molar-refractivity contribution in [1.29, 1.82) is 0 Å². The molecule has 8 nitrogen and oxygen atoms in total. The van der Waals surface area contributed by atoms with E-state index in [-0.39, 0.29) is 16.8 Å². The molecule has 0 bridgehead atoms. The molecule has 0 fully saturated rings. The van der Waals surface area contributed by atoms with Crippen molar-refractivity contribution >= 4 is 29.2 Å². The fourth-order valence-electron chi connectivity index (χ4n) is 2.82. The van der Waals surface area contributed by atoms with E-state index in [1.807, 2.05) is 19.9 Å². The number of aryl methyl sites for hydroxylation is 2. The number of anilines is 1. The number of aromatic carboxylic acids is 2. The van der Waals surface area contributed by atoms with Gasteiger partial charge in [0.05, 0.1) is 16.8 Å². The van der Waals surface area contributed by atoms with Gasteiger partial charge in [-0.15, -0.1) is 0 Å². The molecule has 0 atom stereocenters. The number of carbonyl (C=O) groups excluding carboxylic acids is 1. The van der Waals surface area contributed by atoms with Crippen molar-refractivity contribution in [1.82, 2.24) is 9.38 Å². The summed E-state index contributed by atoms with van der Waals surface area (Å²) in [6, 6.07) is 7.16. The molecule has 1 aromatic carbocycles. The molecule has 0 saturated heterocycles. The lowest BCUT2D eigenvalue weighted by Gasteiger charge is -2.09. The maximum Gasteiger partial charge on any atom is 0.335 e. The van der Waals surface area contributed by atoms with Gasteiger partial charge in [0.25, 0.3) is 5.91 Å². The van der Waals surface area contributed by atoms with E-state index in [2.05, 4.69) is 10.3 Å². The van der Waals surface area contributed by atoms with Crippen LogP contribution in [-0.4, -0.2) is 37.4 Å². The number of nitrogens with zero attached hydrogens (tertiary/aromatic N) is 2. The fraction of sp³-hybridized carbons (Fsp3) is 0.158. The Morgan fingerprint density at radius 1 is 1.07 bits per heavy atom. The number of hydrogen-bond acceptors (Lipinski definition) is 4. The first kappa shape index (κ1) is 18.1. The lowest BCUT2D eigenvalue weighted by Crippen LogP contribution is -2.17. The molecule has 0 saturated carbocycles. The van der Waals surface area contributed by atoms with Crippen LogP contribution in [0.3, 0.4) is 0 Å². The predicted octanol–water partition coefficient (Wildman–Crippen LogP) is 2.85. The number of nitrogens with one attached hydrogen (secondary N) is 1. The smallest absolute Gasteiger partial charge is 0.335 e. The summed E-state index contributed by atoms with van der Waals surface area (Å²) in [4.78, 5) is 39.8. The van der Waals surface area contributed by atoms with Gasteiger partial charge in [-0.2, -0.15) is 0 Å². The molecule has 0 aliphatic carbocycles. The second-order valence-corrected chi connectivity index (χ2v) is 6.06. The largest absolute Gasteiger partial charge is 0.478 e. The molecule has 0 radical (unpaired) electrons. The van der Waals surface area contributed by atoms with Crippen LogP contribution in [0, 0.1) is 6.92 Å². The number of hydrogen-bond donors (Lipinski definition) is 3. The van der Waals surface area contributed by atoms with Gasteiger partial charge in [0.2, 0.25) is 0 Å². The molecule has 2 heterocycles. The average Bonchev–Trinajstić information content (AvgIpc) is 2.99. The summed E-state index contributed by atoms with van der Waals surface area (Å²) in [5.41, 5.74) is 2.11. The van der Waals surface area contributed by atoms with E-state index in [1.165, 1.54) is 12.1 Å². The lowest BCUT2D eigenvalue weighted by molar-refractivity contribution is 0.0696. The topological polar surface area (TPSA) is 121 Å². The molecule has 27 heavy (non-hydrogen) atoms. The highest BCUT2D eigenvalue weighted by atomic mass is 16.4. The van der Waals surface area contributed by atoms with Gasteiger partial charge < -0.3 is 15.5 Å². The second kappa shape index (κ2) is 6.91. The minimum absolute atomic E-state index is 0.0851. The van der Waals surface area contributed by atoms with Gasteiger partial charge in [-0.25, -0.2) is 14.6 Å². The zero-order valence-electron chi connectivity index (χ0n) is 14.7. The highest BCUT2D eigenvalue weighted by molar-refractivity contribution is 6.06. The molecule has 0 aliphatic heterocycles. The Morgan fingerprint density at radius 2 is 1.70 bits per heavy atom. The molecule has 2 aromatic heterocycles. The summed E-state index contributed by atoms with van der Waals surface area (Å²) in [6.45, 7) is 3.77. The fourth-order valence-corrected chi connectivity index (χ4v) is 2.82. The molecule has 8 heteroatoms. The molecule has 0 aliphatic rings. The third-order valence-corrected chi connectivity index (χ3v) is 4.07. The van der Waals surface area contributed by atoms with E-state index >= 15 is 0 Å². The normalized spacial score (nSPS) is 10.7. The molecule has 3 aromatic rings. The number of benzene rings is 1. The Bertz CT molecular complexity index is 1050. The quantitative estimate of drug-likeness (QED) is 0.637. The predicted molar refractivity (Wildman–Crippen MR) is 97.6 cm³/mol. The van der Waals surface area contributed by atoms with E-state index < -0.39 is 17.8 Å². The van der Waals surface area contributed by atoms with Crippen LogP contribution in [0.2, 0.25) is 0 Å². The SMILES string of the molecule is CCc1nc2ccc(C)cn2c1C(=O)Nc1cc(C(=O)O)cc(C(=O)O)c1. The van der Waals surface area contributed by atoms with E-state index in [1.54, 1.807) is 16.7 Å². The number of aromatic nitrogens is 2. The van der Waals surface area contributed by atoms with Gasteiger partial charge >= 0.3 is 11.9 Å². The van der Waals surface area contributed by atoms with Crippen LogP contribution in [0.4, 0.5) is 5.69 Å². The maximum absolute atomic E-state index is 12.9. The van der Waals surface area contributed by atoms with E-state index in [0.717, 1.165) is 11.6 Å². The van der Waals surface area contributed by atoms with Gasteiger partial charge in [0.15, 0.2) is 0 Å². The van der Waals surface area contributed by atoms with E-state index in [4.69, 9.17) is 10.2 Å². The van der Waals surface area contributed by atoms with Crippen LogP contribution in [0.25, 0.3) is 5.65 Å². The molecule has 0 spiro atoms. The number of carboxylic acid groups (broad SMARTS) is 2. The monoisotopic (exact) mass is 367 g/mol. The first-order valence-electron chi connectivity index (χ1n) is 8.20. The van der Waals surface area contributed by atoms with Crippen molar-refractivity contribution < 1.29 is 24.6 Å². The Morgan fingerprint density at radius 3 is 2.26 bits per heavy atom. The third kappa shape index (κ3) is 3.50. The van der Waals surface area contributed by atoms with Crippen LogP contribution in [0.1, 0.15) is 49.4 Å². The molecular formula is C19H17N3O5. The van der Waals surface area contributed by atoms with Crippen molar-refractivity contribution in [3.63, 3.8) is 0 Å². The van der Waals surface area contributed by atoms with Crippen molar-refractivity contribution in [2.75, 3.05) is 5.32 Å². The van der Waals surface area contributed by atoms with Crippen LogP contribution >= 0.6 is 0 Å². The third-order valence-electron chi connectivity index (χ3n) is 4.07. The molecule has 3 N–H and O–H groups in total. The minimum atomic E-state index is -1.28. The van der Waals surface area contributed by atoms with Crippen LogP contribution < -0.4 is 5.32 Å². The Hall–Kier alpha value is -3.68. The zero-order chi connectivity index (χ0) is 19.7. The molecule has 138 valence electrons. The Balaban J connectivity index is 2.06. The number of imidazole rings is 1. The van der Waals surface area contributed by atoms with E-state index in [0.29, 0.717) is 23.5 Å². The molecule has 0 unspecified atom stereocenters. The number of amides is 1. The number of fused-ring (bicyclic) bond motifs is 1. The highest BCUT2D eigenvalue weighted by Gasteiger charge is 2.20. The van der Waals surface area contributed by atoms with Gasteiger partial charge in [0.1, 0.15) is 11.3 Å². The summed E-state index contributed by atoms with van der Waals surface area (Å²) in [5, 5.41) is 20.9. The van der Waals surface area contributed by atoms with Crippen LogP contribution in [-0.2, 0) is 6.42 Å². The first-order chi connectivity index (χ1) is 12.8. The molecular weight excluding hydrogens is 350 g/mol. The standard InChI is InChI=1S/C19H17N3O5/c1-3-14-16(22-9-10(2)4-5-15(22)21-14)17(23)20-13-7-11(18(24)25)6-12(8-13)19(26)27/h4-9H,3H2,1-2H3,(H,20,23)(H,24,25)(H,26,27). The van der Waals surface area contributed by atoms with Crippen molar-refractivity contribution in [3.05, 3.63) is 64.6 Å². The maximum atomic E-state index is 12.9. The van der Waals surface area contributed by atoms with Crippen LogP contribution in [0.5, 0.6) is 0 Å². The zero-order valence-corrected chi connectivity index (χ0v) is 14.7. The lowest BCUT2D eigenvalue weighted by atomic mass is 10.1. The summed E-state index contributed by atoms with van der Waals surface area (Å²) < 4.78 is 1.67. The first-order valence-corrected chi connectivity index (χ1v) is 8.20. The summed E-state index contributed by atoms with van der Waals surface area (Å²) in [7, 11) is 0. The van der Waals surface area contributed by atoms with Crippen LogP contribution in [0.15, 0.2) is 36.5 Å². The minimum Gasteiger partial charge on any atom is -0.478 e. The van der Waals surface area contributed by atoms with Crippen molar-refractivity contribution in [2.45, 2.75) is 20.3 Å². The number of rotatable bonds is 5.